The van der Waals surface area contributed by atoms with Gasteiger partial charge in [-0.1, -0.05) is 56.3 Å². The summed E-state index contributed by atoms with van der Waals surface area (Å²) in [6, 6.07) is 24.0. The van der Waals surface area contributed by atoms with Crippen molar-refractivity contribution in [3.8, 4) is 11.5 Å². The Balaban J connectivity index is 1.79. The van der Waals surface area contributed by atoms with Gasteiger partial charge in [-0.15, -0.1) is 0 Å². The van der Waals surface area contributed by atoms with Crippen LogP contribution in [0.4, 0.5) is 0 Å². The largest absolute Gasteiger partial charge is 0.597 e. The van der Waals surface area contributed by atoms with E-state index in [4.69, 9.17) is 4.52 Å². The Labute approximate surface area is 148 Å². The van der Waals surface area contributed by atoms with E-state index in [0.717, 1.165) is 11.1 Å². The first kappa shape index (κ1) is 17.2. The summed E-state index contributed by atoms with van der Waals surface area (Å²) < 4.78 is 17.9. The number of hydrogen-bond acceptors (Lipinski definition) is 3. The Morgan fingerprint density at radius 2 is 1.32 bits per heavy atom. The van der Waals surface area contributed by atoms with E-state index in [9.17, 15) is 9.67 Å². The summed E-state index contributed by atoms with van der Waals surface area (Å²) in [6.07, 6.45) is 0. The van der Waals surface area contributed by atoms with Crippen molar-refractivity contribution in [3.63, 3.8) is 0 Å². The van der Waals surface area contributed by atoms with Crippen LogP contribution in [0.2, 0.25) is 0 Å². The van der Waals surface area contributed by atoms with Gasteiger partial charge in [-0.05, 0) is 52.1 Å². The van der Waals surface area contributed by atoms with Crippen LogP contribution >= 0.6 is 8.03 Å². The Morgan fingerprint density at radius 3 is 1.88 bits per heavy atom. The summed E-state index contributed by atoms with van der Waals surface area (Å²) >= 11 is 0. The predicted octanol–water partition coefficient (Wildman–Crippen LogP) is 5.16. The highest BCUT2D eigenvalue weighted by Gasteiger charge is 2.27. The third kappa shape index (κ3) is 3.89. The predicted molar refractivity (Wildman–Crippen MR) is 101 cm³/mol. The van der Waals surface area contributed by atoms with Crippen molar-refractivity contribution in [3.05, 3.63) is 90.0 Å². The van der Waals surface area contributed by atoms with Crippen LogP contribution in [0.15, 0.2) is 78.9 Å². The molecule has 0 aliphatic heterocycles. The molecule has 0 heterocycles. The van der Waals surface area contributed by atoms with Crippen molar-refractivity contribution in [2.45, 2.75) is 19.3 Å². The first-order valence-electron chi connectivity index (χ1n) is 8.07. The highest BCUT2D eigenvalue weighted by molar-refractivity contribution is 7.48. The summed E-state index contributed by atoms with van der Waals surface area (Å²) in [4.78, 5) is 0. The lowest BCUT2D eigenvalue weighted by Crippen LogP contribution is -2.19. The molecule has 0 saturated carbocycles. The maximum atomic E-state index is 12.4. The molecule has 0 aromatic heterocycles. The first-order valence-corrected chi connectivity index (χ1v) is 9.25. The summed E-state index contributed by atoms with van der Waals surface area (Å²) in [5.41, 5.74) is 1.98. The molecule has 4 heteroatoms. The minimum absolute atomic E-state index is 0.224. The number of benzene rings is 3. The second kappa shape index (κ2) is 7.08. The van der Waals surface area contributed by atoms with Gasteiger partial charge in [0.15, 0.2) is 5.75 Å². The molecule has 1 unspecified atom stereocenters. The minimum Gasteiger partial charge on any atom is -0.508 e. The van der Waals surface area contributed by atoms with Gasteiger partial charge in [0, 0.05) is 5.41 Å². The SMILES string of the molecule is CC(C)(c1ccc(O)cc1)c1ccc([P+](=O)Oc2ccccc2)cc1. The lowest BCUT2D eigenvalue weighted by atomic mass is 9.78. The van der Waals surface area contributed by atoms with E-state index < -0.39 is 8.03 Å². The molecule has 1 atom stereocenters. The van der Waals surface area contributed by atoms with Crippen molar-refractivity contribution in [2.24, 2.45) is 0 Å². The van der Waals surface area contributed by atoms with Crippen LogP contribution in [0.1, 0.15) is 25.0 Å². The van der Waals surface area contributed by atoms with Gasteiger partial charge >= 0.3 is 8.03 Å². The van der Waals surface area contributed by atoms with E-state index in [2.05, 4.69) is 13.8 Å². The van der Waals surface area contributed by atoms with Crippen LogP contribution < -0.4 is 9.83 Å². The zero-order valence-corrected chi connectivity index (χ0v) is 15.1. The molecule has 0 radical (unpaired) electrons. The Morgan fingerprint density at radius 1 is 0.800 bits per heavy atom. The second-order valence-corrected chi connectivity index (χ2v) is 7.59. The monoisotopic (exact) mass is 351 g/mol. The summed E-state index contributed by atoms with van der Waals surface area (Å²) in [5.74, 6) is 0.849. The van der Waals surface area contributed by atoms with Crippen molar-refractivity contribution in [2.75, 3.05) is 0 Å². The number of hydrogen-bond donors (Lipinski definition) is 1. The highest BCUT2D eigenvalue weighted by atomic mass is 31.1. The van der Waals surface area contributed by atoms with Gasteiger partial charge in [0.05, 0.1) is 0 Å². The summed E-state index contributed by atoms with van der Waals surface area (Å²) in [5, 5.41) is 10.1. The lowest BCUT2D eigenvalue weighted by molar-refractivity contribution is 0.474. The highest BCUT2D eigenvalue weighted by Crippen LogP contribution is 2.33. The van der Waals surface area contributed by atoms with Gasteiger partial charge in [0.1, 0.15) is 5.75 Å². The third-order valence-electron chi connectivity index (χ3n) is 4.32. The fourth-order valence-electron chi connectivity index (χ4n) is 2.67. The zero-order chi connectivity index (χ0) is 17.9. The van der Waals surface area contributed by atoms with Crippen molar-refractivity contribution in [1.29, 1.82) is 0 Å². The Kier molecular flexibility index (Phi) is 4.87. The zero-order valence-electron chi connectivity index (χ0n) is 14.2. The van der Waals surface area contributed by atoms with Crippen LogP contribution in [-0.2, 0) is 9.98 Å². The Bertz CT molecular complexity index is 854. The number of para-hydroxylation sites is 1. The minimum atomic E-state index is -1.94. The van der Waals surface area contributed by atoms with Crippen LogP contribution in [0.3, 0.4) is 0 Å². The molecule has 0 aliphatic carbocycles. The fraction of sp³-hybridized carbons (Fsp3) is 0.143. The van der Waals surface area contributed by atoms with E-state index in [1.54, 1.807) is 24.3 Å². The molecule has 1 N–H and O–H groups in total. The quantitative estimate of drug-likeness (QED) is 0.646. The lowest BCUT2D eigenvalue weighted by Gasteiger charge is -2.26. The van der Waals surface area contributed by atoms with E-state index in [1.807, 2.05) is 54.6 Å². The van der Waals surface area contributed by atoms with Crippen LogP contribution in [-0.4, -0.2) is 5.11 Å². The molecule has 3 rings (SSSR count). The number of phenolic OH excluding ortho intramolecular Hbond substituents is 1. The second-order valence-electron chi connectivity index (χ2n) is 6.38. The number of rotatable bonds is 5. The molecule has 3 nitrogen and oxygen atoms in total. The third-order valence-corrected chi connectivity index (χ3v) is 5.42. The topological polar surface area (TPSA) is 46.5 Å². The molecule has 3 aromatic carbocycles. The van der Waals surface area contributed by atoms with Crippen molar-refractivity contribution in [1.82, 2.24) is 0 Å². The molecule has 3 aromatic rings. The average molecular weight is 351 g/mol. The smallest absolute Gasteiger partial charge is 0.508 e. The molecular formula is C21H20O3P+. The molecule has 0 spiro atoms. The van der Waals surface area contributed by atoms with Crippen LogP contribution in [0.25, 0.3) is 0 Å². The van der Waals surface area contributed by atoms with Gasteiger partial charge in [0.2, 0.25) is 5.30 Å². The first-order chi connectivity index (χ1) is 12.0. The maximum Gasteiger partial charge on any atom is 0.597 e. The van der Waals surface area contributed by atoms with Crippen LogP contribution in [0, 0.1) is 0 Å². The standard InChI is InChI=1S/C21H19O3P/c1-21(2,16-8-12-18(22)13-9-16)17-10-14-20(15-11-17)25(23)24-19-6-4-3-5-7-19/h3-15H,1-2H3/p+1. The van der Waals surface area contributed by atoms with E-state index in [-0.39, 0.29) is 11.2 Å². The Hall–Kier alpha value is -2.64. The van der Waals surface area contributed by atoms with Gasteiger partial charge in [-0.2, -0.15) is 0 Å². The number of phenols is 1. The number of aromatic hydroxyl groups is 1. The summed E-state index contributed by atoms with van der Waals surface area (Å²) in [7, 11) is -1.94. The molecule has 0 amide bonds. The van der Waals surface area contributed by atoms with E-state index in [1.165, 1.54) is 0 Å². The molecular weight excluding hydrogens is 331 g/mol. The van der Waals surface area contributed by atoms with Crippen LogP contribution in [0.5, 0.6) is 11.5 Å². The average Bonchev–Trinajstić information content (AvgIpc) is 2.63. The maximum absolute atomic E-state index is 12.4. The molecule has 0 fully saturated rings. The fourth-order valence-corrected chi connectivity index (χ4v) is 3.49. The van der Waals surface area contributed by atoms with Gasteiger partial charge in [0.25, 0.3) is 0 Å². The van der Waals surface area contributed by atoms with E-state index in [0.29, 0.717) is 11.1 Å². The van der Waals surface area contributed by atoms with E-state index >= 15 is 0 Å². The summed E-state index contributed by atoms with van der Waals surface area (Å²) in [6.45, 7) is 4.24. The van der Waals surface area contributed by atoms with Crippen molar-refractivity contribution < 1.29 is 14.2 Å². The van der Waals surface area contributed by atoms with Gasteiger partial charge in [-0.3, -0.25) is 4.52 Å². The molecule has 0 aliphatic rings. The molecule has 25 heavy (non-hydrogen) atoms. The molecule has 0 saturated heterocycles. The van der Waals surface area contributed by atoms with Crippen molar-refractivity contribution >= 4 is 13.3 Å². The van der Waals surface area contributed by atoms with Gasteiger partial charge < -0.3 is 5.11 Å². The van der Waals surface area contributed by atoms with Gasteiger partial charge in [-0.25, -0.2) is 0 Å². The molecule has 126 valence electrons. The molecule has 0 bridgehead atoms. The normalized spacial score (nSPS) is 11.8.